The van der Waals surface area contributed by atoms with Gasteiger partial charge in [0, 0.05) is 30.9 Å². The van der Waals surface area contributed by atoms with Crippen molar-refractivity contribution in [2.75, 3.05) is 24.6 Å². The summed E-state index contributed by atoms with van der Waals surface area (Å²) < 4.78 is 0. The highest BCUT2D eigenvalue weighted by molar-refractivity contribution is 5.62. The lowest BCUT2D eigenvalue weighted by Crippen LogP contribution is -2.27. The summed E-state index contributed by atoms with van der Waals surface area (Å²) in [7, 11) is 0. The highest BCUT2D eigenvalue weighted by Gasteiger charge is 2.14. The molecule has 0 heterocycles. The maximum Gasteiger partial charge on any atom is 0.164 e. The van der Waals surface area contributed by atoms with Gasteiger partial charge in [-0.1, -0.05) is 0 Å². The first-order chi connectivity index (χ1) is 8.95. The van der Waals surface area contributed by atoms with Crippen LogP contribution in [-0.4, -0.2) is 46.0 Å². The van der Waals surface area contributed by atoms with Crippen LogP contribution in [0.25, 0.3) is 0 Å². The molecule has 0 amide bonds. The molecule has 1 aromatic rings. The second-order valence-electron chi connectivity index (χ2n) is 4.35. The minimum Gasteiger partial charge on any atom is -0.398 e. The first kappa shape index (κ1) is 15.7. The molecule has 0 saturated heterocycles. The zero-order valence-electron chi connectivity index (χ0n) is 10.6. The molecule has 19 heavy (non-hydrogen) atoms. The molecule has 0 radical (unpaired) electrons. The average molecular weight is 271 g/mol. The third kappa shape index (κ3) is 4.66. The number of aliphatic hydroxyl groups excluding tert-OH is 3. The zero-order valence-corrected chi connectivity index (χ0v) is 10.6. The Labute approximate surface area is 111 Å². The van der Waals surface area contributed by atoms with Crippen LogP contribution in [0.3, 0.4) is 0 Å². The normalized spacial score (nSPS) is 12.9. The van der Waals surface area contributed by atoms with Gasteiger partial charge in [-0.25, -0.2) is 0 Å². The van der Waals surface area contributed by atoms with Crippen LogP contribution in [0.2, 0.25) is 0 Å². The quantitative estimate of drug-likeness (QED) is 0.227. The van der Waals surface area contributed by atoms with E-state index in [4.69, 9.17) is 26.8 Å². The first-order valence-electron chi connectivity index (χ1n) is 5.97. The summed E-state index contributed by atoms with van der Waals surface area (Å²) in [6, 6.07) is 3.29. The van der Waals surface area contributed by atoms with E-state index >= 15 is 0 Å². The van der Waals surface area contributed by atoms with Crippen molar-refractivity contribution >= 4 is 11.4 Å². The van der Waals surface area contributed by atoms with Crippen molar-refractivity contribution in [2.45, 2.75) is 25.4 Å². The molecule has 7 nitrogen and oxygen atoms in total. The fraction of sp³-hybridized carbons (Fsp3) is 0.500. The van der Waals surface area contributed by atoms with Crippen LogP contribution in [-0.2, 0) is 13.0 Å². The number of nitrogens with two attached hydrogens (primary N) is 2. The molecule has 1 atom stereocenters. The third-order valence-electron chi connectivity index (χ3n) is 2.78. The third-order valence-corrected chi connectivity index (χ3v) is 2.78. The Hall–Kier alpha value is -1.38. The molecule has 0 aliphatic heterocycles. The highest BCUT2D eigenvalue weighted by Crippen LogP contribution is 2.24. The van der Waals surface area contributed by atoms with E-state index in [2.05, 4.69) is 5.32 Å². The Kier molecular flexibility index (Phi) is 6.00. The van der Waals surface area contributed by atoms with E-state index in [-0.39, 0.29) is 19.6 Å². The summed E-state index contributed by atoms with van der Waals surface area (Å²) in [5, 5.41) is 38.8. The highest BCUT2D eigenvalue weighted by atomic mass is 16.5. The van der Waals surface area contributed by atoms with Crippen molar-refractivity contribution in [3.63, 3.8) is 0 Å². The Bertz CT molecular complexity index is 412. The Morgan fingerprint density at radius 1 is 1.05 bits per heavy atom. The molecule has 0 saturated carbocycles. The van der Waals surface area contributed by atoms with E-state index in [1.54, 1.807) is 12.1 Å². The molecule has 0 aliphatic rings. The van der Waals surface area contributed by atoms with Crippen molar-refractivity contribution in [3.05, 3.63) is 23.3 Å². The summed E-state index contributed by atoms with van der Waals surface area (Å²) in [4.78, 5) is 0. The lowest BCUT2D eigenvalue weighted by Gasteiger charge is -2.17. The largest absolute Gasteiger partial charge is 0.398 e. The lowest BCUT2D eigenvalue weighted by molar-refractivity contribution is -0.0373. The van der Waals surface area contributed by atoms with Crippen molar-refractivity contribution in [1.82, 2.24) is 5.32 Å². The first-order valence-corrected chi connectivity index (χ1v) is 5.97. The van der Waals surface area contributed by atoms with Gasteiger partial charge in [-0.15, -0.1) is 0 Å². The van der Waals surface area contributed by atoms with Gasteiger partial charge in [-0.2, -0.15) is 0 Å². The summed E-state index contributed by atoms with van der Waals surface area (Å²) in [5.74, 6) is 0. The summed E-state index contributed by atoms with van der Waals surface area (Å²) in [6.07, 6.45) is -2.17. The number of anilines is 2. The second-order valence-corrected chi connectivity index (χ2v) is 4.35. The molecule has 0 fully saturated rings. The van der Waals surface area contributed by atoms with Crippen molar-refractivity contribution < 1.29 is 20.4 Å². The maximum atomic E-state index is 9.52. The van der Waals surface area contributed by atoms with Gasteiger partial charge in [-0.05, 0) is 23.3 Å². The summed E-state index contributed by atoms with van der Waals surface area (Å²) in [5.41, 5.74) is 14.0. The SMILES string of the molecule is Nc1ccc(N)c(CC(O)CO)c1CNCC(O)O. The van der Waals surface area contributed by atoms with Crippen LogP contribution in [0, 0.1) is 0 Å². The number of rotatable bonds is 7. The van der Waals surface area contributed by atoms with Gasteiger partial charge < -0.3 is 37.2 Å². The maximum absolute atomic E-state index is 9.52. The number of nitrogens with one attached hydrogen (secondary N) is 1. The number of hydrogen-bond donors (Lipinski definition) is 7. The monoisotopic (exact) mass is 271 g/mol. The van der Waals surface area contributed by atoms with Crippen LogP contribution in [0.5, 0.6) is 0 Å². The van der Waals surface area contributed by atoms with Gasteiger partial charge in [-0.3, -0.25) is 0 Å². The van der Waals surface area contributed by atoms with E-state index in [1.165, 1.54) is 0 Å². The number of aliphatic hydroxyl groups is 4. The number of nitrogen functional groups attached to an aromatic ring is 2. The Morgan fingerprint density at radius 2 is 1.63 bits per heavy atom. The van der Waals surface area contributed by atoms with Gasteiger partial charge in [0.2, 0.25) is 0 Å². The molecule has 108 valence electrons. The molecule has 0 aliphatic carbocycles. The van der Waals surface area contributed by atoms with Gasteiger partial charge in [0.25, 0.3) is 0 Å². The Balaban J connectivity index is 2.89. The molecule has 7 heteroatoms. The fourth-order valence-corrected chi connectivity index (χ4v) is 1.81. The van der Waals surface area contributed by atoms with Crippen LogP contribution in [0.1, 0.15) is 11.1 Å². The minimum absolute atomic E-state index is 0.00374. The predicted molar refractivity (Wildman–Crippen MR) is 72.0 cm³/mol. The van der Waals surface area contributed by atoms with E-state index in [9.17, 15) is 5.11 Å². The number of hydrogen-bond acceptors (Lipinski definition) is 7. The van der Waals surface area contributed by atoms with E-state index < -0.39 is 12.4 Å². The summed E-state index contributed by atoms with van der Waals surface area (Å²) in [6.45, 7) is -0.0747. The van der Waals surface area contributed by atoms with Crippen molar-refractivity contribution in [2.24, 2.45) is 0 Å². The standard InChI is InChI=1S/C12H21N3O4/c13-10-1-2-11(14)9(4-15-5-12(18)19)8(10)3-7(17)6-16/h1-2,7,12,15-19H,3-6,13-14H2. The Morgan fingerprint density at radius 3 is 2.16 bits per heavy atom. The molecule has 1 aromatic carbocycles. The predicted octanol–water partition coefficient (Wildman–Crippen LogP) is -1.85. The minimum atomic E-state index is -1.45. The molecule has 0 aromatic heterocycles. The van der Waals surface area contributed by atoms with E-state index in [1.807, 2.05) is 0 Å². The molecular formula is C12H21N3O4. The van der Waals surface area contributed by atoms with Crippen LogP contribution in [0.4, 0.5) is 11.4 Å². The molecule has 9 N–H and O–H groups in total. The zero-order chi connectivity index (χ0) is 14.4. The van der Waals surface area contributed by atoms with Gasteiger partial charge in [0.15, 0.2) is 6.29 Å². The average Bonchev–Trinajstić information content (AvgIpc) is 2.36. The van der Waals surface area contributed by atoms with E-state index in [0.717, 1.165) is 0 Å². The van der Waals surface area contributed by atoms with Gasteiger partial charge in [0.1, 0.15) is 0 Å². The molecular weight excluding hydrogens is 250 g/mol. The summed E-state index contributed by atoms with van der Waals surface area (Å²) >= 11 is 0. The number of benzene rings is 1. The van der Waals surface area contributed by atoms with Crippen LogP contribution < -0.4 is 16.8 Å². The van der Waals surface area contributed by atoms with Crippen molar-refractivity contribution in [3.8, 4) is 0 Å². The van der Waals surface area contributed by atoms with Crippen LogP contribution in [0.15, 0.2) is 12.1 Å². The fourth-order valence-electron chi connectivity index (χ4n) is 1.81. The van der Waals surface area contributed by atoms with Crippen LogP contribution >= 0.6 is 0 Å². The molecule has 1 rings (SSSR count). The molecule has 0 bridgehead atoms. The topological polar surface area (TPSA) is 145 Å². The second kappa shape index (κ2) is 7.27. The lowest BCUT2D eigenvalue weighted by atomic mass is 9.98. The molecule has 1 unspecified atom stereocenters. The van der Waals surface area contributed by atoms with Crippen molar-refractivity contribution in [1.29, 1.82) is 0 Å². The molecule has 0 spiro atoms. The smallest absolute Gasteiger partial charge is 0.164 e. The van der Waals surface area contributed by atoms with Gasteiger partial charge in [0.05, 0.1) is 12.7 Å². The van der Waals surface area contributed by atoms with E-state index in [0.29, 0.717) is 29.0 Å². The van der Waals surface area contributed by atoms with Gasteiger partial charge >= 0.3 is 0 Å².